The summed E-state index contributed by atoms with van der Waals surface area (Å²) >= 11 is 0. The number of aryl methyl sites for hydroxylation is 2. The van der Waals surface area contributed by atoms with Crippen molar-refractivity contribution < 1.29 is 4.92 Å². The lowest BCUT2D eigenvalue weighted by Crippen LogP contribution is -2.40. The van der Waals surface area contributed by atoms with E-state index in [1.54, 1.807) is 30.6 Å². The Kier molecular flexibility index (Phi) is 5.88. The van der Waals surface area contributed by atoms with Crippen LogP contribution in [-0.2, 0) is 25.9 Å². The third-order valence-corrected chi connectivity index (χ3v) is 5.12. The van der Waals surface area contributed by atoms with Gasteiger partial charge < -0.3 is 4.98 Å². The molecule has 0 spiro atoms. The van der Waals surface area contributed by atoms with E-state index in [-0.39, 0.29) is 29.9 Å². The fourth-order valence-corrected chi connectivity index (χ4v) is 3.60. The summed E-state index contributed by atoms with van der Waals surface area (Å²) < 4.78 is 2.65. The Labute approximate surface area is 181 Å². The molecule has 0 fully saturated rings. The number of nitrogens with zero attached hydrogens (tertiary/aromatic N) is 6. The summed E-state index contributed by atoms with van der Waals surface area (Å²) in [6, 6.07) is 8.08. The highest BCUT2D eigenvalue weighted by molar-refractivity contribution is 5.70. The number of rotatable bonds is 8. The second kappa shape index (κ2) is 8.92. The van der Waals surface area contributed by atoms with Crippen molar-refractivity contribution in [1.29, 1.82) is 0 Å². The van der Waals surface area contributed by atoms with Gasteiger partial charge in [-0.1, -0.05) is 19.1 Å². The van der Waals surface area contributed by atoms with Gasteiger partial charge in [0.05, 0.1) is 11.1 Å². The van der Waals surface area contributed by atoms with Crippen molar-refractivity contribution in [3.05, 3.63) is 90.6 Å². The Morgan fingerprint density at radius 1 is 1.09 bits per heavy atom. The lowest BCUT2D eigenvalue weighted by molar-refractivity contribution is -0.384. The Hall–Kier alpha value is -4.15. The van der Waals surface area contributed by atoms with Crippen molar-refractivity contribution in [2.45, 2.75) is 39.3 Å². The van der Waals surface area contributed by atoms with Crippen molar-refractivity contribution >= 4 is 16.9 Å². The molecule has 0 bridgehead atoms. The van der Waals surface area contributed by atoms with Gasteiger partial charge in [-0.2, -0.15) is 10.2 Å². The van der Waals surface area contributed by atoms with Crippen LogP contribution in [0.3, 0.4) is 0 Å². The molecule has 0 atom stereocenters. The van der Waals surface area contributed by atoms with Crippen LogP contribution < -0.4 is 11.2 Å². The predicted octanol–water partition coefficient (Wildman–Crippen LogP) is 1.83. The molecule has 32 heavy (non-hydrogen) atoms. The minimum atomic E-state index is -0.455. The molecule has 0 aliphatic heterocycles. The molecular weight excluding hydrogens is 414 g/mol. The van der Waals surface area contributed by atoms with Crippen LogP contribution in [0.2, 0.25) is 0 Å². The number of non-ortho nitro benzene ring substituents is 1. The Morgan fingerprint density at radius 2 is 1.94 bits per heavy atom. The van der Waals surface area contributed by atoms with E-state index >= 15 is 0 Å². The van der Waals surface area contributed by atoms with Crippen LogP contribution >= 0.6 is 0 Å². The van der Waals surface area contributed by atoms with Gasteiger partial charge in [-0.05, 0) is 30.0 Å². The molecule has 0 aliphatic rings. The number of benzene rings is 1. The molecule has 0 radical (unpaired) electrons. The van der Waals surface area contributed by atoms with Crippen LogP contribution in [0, 0.1) is 10.1 Å². The lowest BCUT2D eigenvalue weighted by atomic mass is 10.1. The number of H-pyrrole nitrogens is 1. The topological polar surface area (TPSA) is 142 Å². The Morgan fingerprint density at radius 3 is 2.66 bits per heavy atom. The van der Waals surface area contributed by atoms with Crippen molar-refractivity contribution in [1.82, 2.24) is 29.3 Å². The molecule has 11 heteroatoms. The fourth-order valence-electron chi connectivity index (χ4n) is 3.60. The number of aromatic nitrogens is 6. The van der Waals surface area contributed by atoms with Crippen LogP contribution in [-0.4, -0.2) is 34.2 Å². The zero-order valence-electron chi connectivity index (χ0n) is 17.4. The quantitative estimate of drug-likeness (QED) is 0.329. The average molecular weight is 435 g/mol. The molecule has 0 amide bonds. The van der Waals surface area contributed by atoms with E-state index in [1.165, 1.54) is 21.3 Å². The molecule has 4 rings (SSSR count). The summed E-state index contributed by atoms with van der Waals surface area (Å²) in [6.07, 6.45) is 4.57. The maximum Gasteiger partial charge on any atom is 0.332 e. The van der Waals surface area contributed by atoms with E-state index in [2.05, 4.69) is 20.2 Å². The van der Waals surface area contributed by atoms with Crippen LogP contribution in [0.1, 0.15) is 30.3 Å². The molecule has 164 valence electrons. The number of imidazole rings is 1. The molecule has 4 aromatic rings. The SMILES string of the molecule is CCCn1c(=O)c2[nH]c(Cc3ccnnc3)nc2n(CCc2cccc([N+](=O)[O-])c2)c1=O. The maximum atomic E-state index is 13.1. The second-order valence-corrected chi connectivity index (χ2v) is 7.38. The lowest BCUT2D eigenvalue weighted by Gasteiger charge is -2.10. The Bertz CT molecular complexity index is 1390. The van der Waals surface area contributed by atoms with E-state index in [1.807, 2.05) is 6.92 Å². The van der Waals surface area contributed by atoms with Crippen molar-refractivity contribution in [2.75, 3.05) is 0 Å². The van der Waals surface area contributed by atoms with Crippen molar-refractivity contribution in [3.8, 4) is 0 Å². The van der Waals surface area contributed by atoms with Gasteiger partial charge >= 0.3 is 5.69 Å². The molecule has 0 unspecified atom stereocenters. The fraction of sp³-hybridized carbons (Fsp3) is 0.286. The highest BCUT2D eigenvalue weighted by Crippen LogP contribution is 2.15. The summed E-state index contributed by atoms with van der Waals surface area (Å²) in [5, 5.41) is 18.6. The number of nitro benzene ring substituents is 1. The highest BCUT2D eigenvalue weighted by Gasteiger charge is 2.17. The zero-order chi connectivity index (χ0) is 22.7. The monoisotopic (exact) mass is 435 g/mol. The van der Waals surface area contributed by atoms with Crippen LogP contribution in [0.25, 0.3) is 11.2 Å². The predicted molar refractivity (Wildman–Crippen MR) is 117 cm³/mol. The van der Waals surface area contributed by atoms with Crippen LogP contribution in [0.5, 0.6) is 0 Å². The average Bonchev–Trinajstić information content (AvgIpc) is 3.21. The molecule has 0 saturated heterocycles. The van der Waals surface area contributed by atoms with Gasteiger partial charge in [-0.15, -0.1) is 0 Å². The zero-order valence-corrected chi connectivity index (χ0v) is 17.4. The van der Waals surface area contributed by atoms with Crippen LogP contribution in [0.4, 0.5) is 5.69 Å². The first-order valence-corrected chi connectivity index (χ1v) is 10.2. The molecule has 11 nitrogen and oxygen atoms in total. The number of aromatic amines is 1. The van der Waals surface area contributed by atoms with Gasteiger partial charge in [0.15, 0.2) is 5.65 Å². The Balaban J connectivity index is 1.75. The number of hydrogen-bond donors (Lipinski definition) is 1. The highest BCUT2D eigenvalue weighted by atomic mass is 16.6. The van der Waals surface area contributed by atoms with Crippen LogP contribution in [0.15, 0.2) is 52.3 Å². The van der Waals surface area contributed by atoms with E-state index in [9.17, 15) is 19.7 Å². The standard InChI is InChI=1S/C21H21N7O4/c1-2-9-27-20(29)18-19(25-17(24-18)12-15-6-8-22-23-13-15)26(21(27)30)10-7-14-4-3-5-16(11-14)28(31)32/h3-6,8,11,13H,2,7,9-10,12H2,1H3,(H,24,25). The van der Waals surface area contributed by atoms with E-state index < -0.39 is 16.2 Å². The second-order valence-electron chi connectivity index (χ2n) is 7.38. The summed E-state index contributed by atoms with van der Waals surface area (Å²) in [5.74, 6) is 0.530. The summed E-state index contributed by atoms with van der Waals surface area (Å²) in [5.41, 5.74) is 1.24. The molecule has 3 heterocycles. The van der Waals surface area contributed by atoms with Crippen molar-refractivity contribution in [3.63, 3.8) is 0 Å². The van der Waals surface area contributed by atoms with Gasteiger partial charge in [-0.25, -0.2) is 9.78 Å². The number of nitro groups is 1. The first kappa shape index (κ1) is 21.1. The maximum absolute atomic E-state index is 13.1. The molecular formula is C21H21N7O4. The molecule has 0 aliphatic carbocycles. The normalized spacial score (nSPS) is 11.2. The first-order chi connectivity index (χ1) is 15.5. The number of hydrogen-bond acceptors (Lipinski definition) is 7. The molecule has 1 N–H and O–H groups in total. The third-order valence-electron chi connectivity index (χ3n) is 5.12. The first-order valence-electron chi connectivity index (χ1n) is 10.2. The third kappa shape index (κ3) is 4.17. The van der Waals surface area contributed by atoms with Gasteiger partial charge in [0, 0.05) is 37.8 Å². The van der Waals surface area contributed by atoms with E-state index in [0.29, 0.717) is 30.7 Å². The summed E-state index contributed by atoms with van der Waals surface area (Å²) in [7, 11) is 0. The minimum absolute atomic E-state index is 0.0102. The van der Waals surface area contributed by atoms with Crippen molar-refractivity contribution in [2.24, 2.45) is 0 Å². The summed E-state index contributed by atoms with van der Waals surface area (Å²) in [6.45, 7) is 2.40. The van der Waals surface area contributed by atoms with Gasteiger partial charge in [0.25, 0.3) is 11.2 Å². The minimum Gasteiger partial charge on any atom is -0.336 e. The van der Waals surface area contributed by atoms with Gasteiger partial charge in [0.2, 0.25) is 0 Å². The molecule has 1 aromatic carbocycles. The van der Waals surface area contributed by atoms with Gasteiger partial charge in [0.1, 0.15) is 11.3 Å². The smallest absolute Gasteiger partial charge is 0.332 e. The molecule has 0 saturated carbocycles. The number of nitrogens with one attached hydrogen (secondary N) is 1. The largest absolute Gasteiger partial charge is 0.336 e. The number of fused-ring (bicyclic) bond motifs is 1. The van der Waals surface area contributed by atoms with E-state index in [0.717, 1.165) is 5.56 Å². The summed E-state index contributed by atoms with van der Waals surface area (Å²) in [4.78, 5) is 44.2. The molecule has 3 aromatic heterocycles. The van der Waals surface area contributed by atoms with Gasteiger partial charge in [-0.3, -0.25) is 24.0 Å². The van der Waals surface area contributed by atoms with E-state index in [4.69, 9.17) is 0 Å².